The molecule has 0 amide bonds. The van der Waals surface area contributed by atoms with Crippen molar-refractivity contribution in [2.75, 3.05) is 25.1 Å². The Labute approximate surface area is 176 Å². The number of anilines is 1. The first-order chi connectivity index (χ1) is 14.7. The van der Waals surface area contributed by atoms with E-state index in [9.17, 15) is 0 Å². The van der Waals surface area contributed by atoms with Gasteiger partial charge in [-0.15, -0.1) is 0 Å². The summed E-state index contributed by atoms with van der Waals surface area (Å²) in [6, 6.07) is 22.6. The molecule has 0 bridgehead atoms. The zero-order chi connectivity index (χ0) is 20.5. The van der Waals surface area contributed by atoms with E-state index in [4.69, 9.17) is 14.8 Å². The molecule has 1 atom stereocenters. The van der Waals surface area contributed by atoms with Crippen molar-refractivity contribution in [2.45, 2.75) is 19.8 Å². The van der Waals surface area contributed by atoms with Crippen LogP contribution in [0.5, 0.6) is 5.75 Å². The zero-order valence-corrected chi connectivity index (χ0v) is 17.5. The first-order valence-corrected chi connectivity index (χ1v) is 10.6. The molecule has 2 aromatic carbocycles. The van der Waals surface area contributed by atoms with Gasteiger partial charge in [-0.3, -0.25) is 0 Å². The molecule has 4 aromatic rings. The Morgan fingerprint density at radius 1 is 0.933 bits per heavy atom. The monoisotopic (exact) mass is 398 g/mol. The third-order valence-electron chi connectivity index (χ3n) is 5.82. The van der Waals surface area contributed by atoms with Gasteiger partial charge in [0.05, 0.1) is 18.5 Å². The Kier molecular flexibility index (Phi) is 4.87. The lowest BCUT2D eigenvalue weighted by molar-refractivity contribution is 0.415. The second-order valence-electron chi connectivity index (χ2n) is 8.09. The van der Waals surface area contributed by atoms with Crippen molar-refractivity contribution in [1.82, 2.24) is 14.6 Å². The van der Waals surface area contributed by atoms with E-state index < -0.39 is 0 Å². The molecule has 5 rings (SSSR count). The van der Waals surface area contributed by atoms with Crippen molar-refractivity contribution >= 4 is 11.5 Å². The highest BCUT2D eigenvalue weighted by atomic mass is 16.5. The van der Waals surface area contributed by atoms with Gasteiger partial charge in [-0.1, -0.05) is 49.4 Å². The van der Waals surface area contributed by atoms with E-state index in [0.29, 0.717) is 5.92 Å². The van der Waals surface area contributed by atoms with Gasteiger partial charge >= 0.3 is 0 Å². The lowest BCUT2D eigenvalue weighted by Crippen LogP contribution is -2.35. The topological polar surface area (TPSA) is 42.7 Å². The lowest BCUT2D eigenvalue weighted by atomic mass is 10.0. The summed E-state index contributed by atoms with van der Waals surface area (Å²) >= 11 is 0. The zero-order valence-electron chi connectivity index (χ0n) is 17.5. The fraction of sp³-hybridized carbons (Fsp3) is 0.280. The standard InChI is InChI=1S/C25H26N4O/c1-18-8-7-13-28(17-18)25-16-22(19-9-4-3-5-10-19)26-24-15-23(27-29(24)25)20-11-6-12-21(14-20)30-2/h3-6,9-12,14-16,18H,7-8,13,17H2,1-2H3. The predicted octanol–water partition coefficient (Wildman–Crippen LogP) is 5.31. The average molecular weight is 399 g/mol. The Morgan fingerprint density at radius 3 is 2.57 bits per heavy atom. The van der Waals surface area contributed by atoms with E-state index in [1.54, 1.807) is 7.11 Å². The number of methoxy groups -OCH3 is 1. The number of aromatic nitrogens is 3. The third-order valence-corrected chi connectivity index (χ3v) is 5.82. The molecule has 1 aliphatic heterocycles. The smallest absolute Gasteiger partial charge is 0.158 e. The molecule has 0 N–H and O–H groups in total. The van der Waals surface area contributed by atoms with Crippen LogP contribution >= 0.6 is 0 Å². The molecule has 1 saturated heterocycles. The summed E-state index contributed by atoms with van der Waals surface area (Å²) in [6.45, 7) is 4.42. The maximum absolute atomic E-state index is 5.40. The van der Waals surface area contributed by atoms with E-state index in [2.05, 4.69) is 54.3 Å². The second-order valence-corrected chi connectivity index (χ2v) is 8.09. The molecule has 1 fully saturated rings. The molecule has 5 heteroatoms. The molecule has 152 valence electrons. The minimum absolute atomic E-state index is 0.676. The highest BCUT2D eigenvalue weighted by molar-refractivity contribution is 5.71. The van der Waals surface area contributed by atoms with Crippen LogP contribution in [0.2, 0.25) is 0 Å². The van der Waals surface area contributed by atoms with Gasteiger partial charge in [0.2, 0.25) is 0 Å². The minimum Gasteiger partial charge on any atom is -0.497 e. The van der Waals surface area contributed by atoms with Gasteiger partial charge in [-0.2, -0.15) is 9.61 Å². The van der Waals surface area contributed by atoms with Gasteiger partial charge in [0, 0.05) is 36.3 Å². The van der Waals surface area contributed by atoms with Gasteiger partial charge in [-0.05, 0) is 30.9 Å². The minimum atomic E-state index is 0.676. The quantitative estimate of drug-likeness (QED) is 0.467. The first kappa shape index (κ1) is 18.7. The molecule has 0 radical (unpaired) electrons. The normalized spacial score (nSPS) is 16.7. The molecule has 3 heterocycles. The van der Waals surface area contributed by atoms with Crippen molar-refractivity contribution in [3.8, 4) is 28.3 Å². The molecule has 1 unspecified atom stereocenters. The Hall–Kier alpha value is -3.34. The number of nitrogens with zero attached hydrogens (tertiary/aromatic N) is 4. The maximum atomic E-state index is 5.40. The van der Waals surface area contributed by atoms with E-state index in [1.165, 1.54) is 12.8 Å². The van der Waals surface area contributed by atoms with Crippen LogP contribution in [0.4, 0.5) is 5.82 Å². The largest absolute Gasteiger partial charge is 0.497 e. The fourth-order valence-corrected chi connectivity index (χ4v) is 4.26. The molecule has 0 saturated carbocycles. The van der Waals surface area contributed by atoms with Gasteiger partial charge in [0.15, 0.2) is 5.65 Å². The van der Waals surface area contributed by atoms with Crippen LogP contribution in [0.25, 0.3) is 28.2 Å². The van der Waals surface area contributed by atoms with Crippen LogP contribution in [-0.2, 0) is 0 Å². The van der Waals surface area contributed by atoms with Crippen LogP contribution in [0.15, 0.2) is 66.7 Å². The van der Waals surface area contributed by atoms with Crippen LogP contribution < -0.4 is 9.64 Å². The van der Waals surface area contributed by atoms with Crippen molar-refractivity contribution in [3.05, 3.63) is 66.7 Å². The van der Waals surface area contributed by atoms with E-state index in [0.717, 1.165) is 52.8 Å². The molecule has 1 aliphatic rings. The van der Waals surface area contributed by atoms with Crippen LogP contribution in [0.1, 0.15) is 19.8 Å². The highest BCUT2D eigenvalue weighted by Crippen LogP contribution is 2.30. The van der Waals surface area contributed by atoms with Crippen molar-refractivity contribution in [3.63, 3.8) is 0 Å². The number of rotatable bonds is 4. The van der Waals surface area contributed by atoms with E-state index in [-0.39, 0.29) is 0 Å². The third kappa shape index (κ3) is 3.52. The number of hydrogen-bond acceptors (Lipinski definition) is 4. The maximum Gasteiger partial charge on any atom is 0.158 e. The molecule has 2 aromatic heterocycles. The SMILES string of the molecule is COc1cccc(-c2cc3nc(-c4ccccc4)cc(N4CCCC(C)C4)n3n2)c1. The molecular weight excluding hydrogens is 372 g/mol. The number of hydrogen-bond donors (Lipinski definition) is 0. The lowest BCUT2D eigenvalue weighted by Gasteiger charge is -2.32. The summed E-state index contributed by atoms with van der Waals surface area (Å²) < 4.78 is 7.40. The van der Waals surface area contributed by atoms with Crippen molar-refractivity contribution < 1.29 is 4.74 Å². The molecular formula is C25H26N4O. The summed E-state index contributed by atoms with van der Waals surface area (Å²) in [4.78, 5) is 7.41. The molecule has 0 spiro atoms. The van der Waals surface area contributed by atoms with Crippen molar-refractivity contribution in [2.24, 2.45) is 5.92 Å². The average Bonchev–Trinajstić information content (AvgIpc) is 3.23. The first-order valence-electron chi connectivity index (χ1n) is 10.6. The van der Waals surface area contributed by atoms with Crippen LogP contribution in [-0.4, -0.2) is 34.8 Å². The Balaban J connectivity index is 1.67. The summed E-state index contributed by atoms with van der Waals surface area (Å²) in [5.41, 5.74) is 4.89. The van der Waals surface area contributed by atoms with Crippen molar-refractivity contribution in [1.29, 1.82) is 0 Å². The van der Waals surface area contributed by atoms with Gasteiger partial charge in [-0.25, -0.2) is 4.98 Å². The molecule has 0 aliphatic carbocycles. The Bertz CT molecular complexity index is 1170. The van der Waals surface area contributed by atoms with Gasteiger partial charge in [0.1, 0.15) is 11.6 Å². The Morgan fingerprint density at radius 2 is 1.77 bits per heavy atom. The number of fused-ring (bicyclic) bond motifs is 1. The number of piperidine rings is 1. The van der Waals surface area contributed by atoms with Gasteiger partial charge < -0.3 is 9.64 Å². The molecule has 30 heavy (non-hydrogen) atoms. The summed E-state index contributed by atoms with van der Waals surface area (Å²) in [6.07, 6.45) is 2.49. The highest BCUT2D eigenvalue weighted by Gasteiger charge is 2.21. The summed E-state index contributed by atoms with van der Waals surface area (Å²) in [5, 5.41) is 4.95. The number of ether oxygens (including phenoxy) is 1. The van der Waals surface area contributed by atoms with Crippen LogP contribution in [0.3, 0.4) is 0 Å². The second kappa shape index (κ2) is 7.82. The summed E-state index contributed by atoms with van der Waals surface area (Å²) in [5.74, 6) is 2.61. The van der Waals surface area contributed by atoms with Crippen LogP contribution in [0, 0.1) is 5.92 Å². The predicted molar refractivity (Wildman–Crippen MR) is 121 cm³/mol. The fourth-order valence-electron chi connectivity index (χ4n) is 4.26. The molecule has 5 nitrogen and oxygen atoms in total. The van der Waals surface area contributed by atoms with E-state index in [1.807, 2.05) is 28.8 Å². The van der Waals surface area contributed by atoms with Gasteiger partial charge in [0.25, 0.3) is 0 Å². The number of benzene rings is 2. The summed E-state index contributed by atoms with van der Waals surface area (Å²) in [7, 11) is 1.69. The van der Waals surface area contributed by atoms with E-state index >= 15 is 0 Å².